The quantitative estimate of drug-likeness (QED) is 0.594. The first-order valence-corrected chi connectivity index (χ1v) is 3.15. The van der Waals surface area contributed by atoms with Gasteiger partial charge in [-0.3, -0.25) is 0 Å². The standard InChI is InChI=1S/C5H12.C3H7.CH4.Re/c1-5(2,3)4;1-3-2;;/h1-4H3;3H,1-2H3;1H4;/q;-1;;. The smallest absolute Gasteiger partial charge is 0 e. The first kappa shape index (κ1) is 22.4. The molecule has 0 N–H and O–H groups in total. The average Bonchev–Trinajstić information content (AvgIpc) is 1.27. The molecular weight excluding hydrogens is 294 g/mol. The van der Waals surface area contributed by atoms with Crippen LogP contribution in [0, 0.1) is 11.8 Å². The van der Waals surface area contributed by atoms with Crippen LogP contribution in [0.3, 0.4) is 0 Å². The second kappa shape index (κ2) is 12.3. The zero-order valence-electron chi connectivity index (χ0n) is 7.46. The van der Waals surface area contributed by atoms with Crippen molar-refractivity contribution >= 4 is 0 Å². The van der Waals surface area contributed by atoms with Crippen molar-refractivity contribution in [3.63, 3.8) is 0 Å². The molecule has 0 aromatic carbocycles. The van der Waals surface area contributed by atoms with Crippen LogP contribution < -0.4 is 0 Å². The van der Waals surface area contributed by atoms with Gasteiger partial charge in [-0.25, -0.2) is 0 Å². The van der Waals surface area contributed by atoms with Crippen LogP contribution in [0.5, 0.6) is 0 Å². The average molecular weight is 317 g/mol. The minimum Gasteiger partial charge on any atom is -0.335 e. The van der Waals surface area contributed by atoms with Crippen molar-refractivity contribution in [3.05, 3.63) is 6.42 Å². The van der Waals surface area contributed by atoms with E-state index in [2.05, 4.69) is 27.7 Å². The third kappa shape index (κ3) is 1160. The van der Waals surface area contributed by atoms with Crippen molar-refractivity contribution in [1.82, 2.24) is 0 Å². The first-order valence-electron chi connectivity index (χ1n) is 3.15. The molecule has 0 rings (SSSR count). The second-order valence-electron chi connectivity index (χ2n) is 3.58. The van der Waals surface area contributed by atoms with Gasteiger partial charge in [0, 0.05) is 20.4 Å². The van der Waals surface area contributed by atoms with Crippen LogP contribution in [0.2, 0.25) is 0 Å². The minimum atomic E-state index is 0. The summed E-state index contributed by atoms with van der Waals surface area (Å²) >= 11 is 0. The zero-order valence-corrected chi connectivity index (χ0v) is 10.2. The van der Waals surface area contributed by atoms with Gasteiger partial charge in [-0.15, -0.1) is 0 Å². The maximum Gasteiger partial charge on any atom is 0 e. The number of hydrogen-bond donors (Lipinski definition) is 0. The predicted molar refractivity (Wildman–Crippen MR) is 47.5 cm³/mol. The van der Waals surface area contributed by atoms with E-state index in [0.29, 0.717) is 5.41 Å². The Morgan fingerprint density at radius 3 is 0.900 bits per heavy atom. The van der Waals surface area contributed by atoms with E-state index in [1.165, 1.54) is 0 Å². The van der Waals surface area contributed by atoms with Gasteiger partial charge >= 0.3 is 0 Å². The summed E-state index contributed by atoms with van der Waals surface area (Å²) in [5.41, 5.74) is 0.500. The third-order valence-corrected chi connectivity index (χ3v) is 0. The van der Waals surface area contributed by atoms with Gasteiger partial charge in [0.1, 0.15) is 0 Å². The van der Waals surface area contributed by atoms with Gasteiger partial charge in [0.15, 0.2) is 0 Å². The molecule has 67 valence electrons. The SMILES string of the molecule is C.CC(C)(C)C.C[CH-]C.[Re]. The van der Waals surface area contributed by atoms with Crippen LogP contribution in [0.15, 0.2) is 0 Å². The second-order valence-corrected chi connectivity index (χ2v) is 3.58. The molecule has 0 saturated carbocycles. The fraction of sp³-hybridized carbons (Fsp3) is 0.889. The van der Waals surface area contributed by atoms with Crippen LogP contribution >= 0.6 is 0 Å². The maximum absolute atomic E-state index is 2.19. The molecule has 0 aromatic rings. The van der Waals surface area contributed by atoms with Crippen molar-refractivity contribution in [3.8, 4) is 0 Å². The largest absolute Gasteiger partial charge is 0.335 e. The summed E-state index contributed by atoms with van der Waals surface area (Å²) in [5, 5.41) is 0. The van der Waals surface area contributed by atoms with E-state index in [4.69, 9.17) is 0 Å². The molecule has 10 heavy (non-hydrogen) atoms. The van der Waals surface area contributed by atoms with Gasteiger partial charge in [-0.2, -0.15) is 13.8 Å². The van der Waals surface area contributed by atoms with Gasteiger partial charge in [-0.1, -0.05) is 35.1 Å². The predicted octanol–water partition coefficient (Wildman–Crippen LogP) is 3.92. The van der Waals surface area contributed by atoms with E-state index < -0.39 is 0 Å². The Hall–Kier alpha value is 0.662. The summed E-state index contributed by atoms with van der Waals surface area (Å²) in [6.07, 6.45) is 2.00. The minimum absolute atomic E-state index is 0. The van der Waals surface area contributed by atoms with E-state index in [1.807, 2.05) is 20.3 Å². The van der Waals surface area contributed by atoms with Crippen LogP contribution in [-0.2, 0) is 20.4 Å². The molecule has 1 heteroatoms. The molecule has 0 bridgehead atoms. The van der Waals surface area contributed by atoms with Crippen molar-refractivity contribution in [2.24, 2.45) is 5.41 Å². The Bertz CT molecular complexity index is 28.5. The molecule has 0 saturated heterocycles. The summed E-state index contributed by atoms with van der Waals surface area (Å²) in [6.45, 7) is 12.8. The van der Waals surface area contributed by atoms with Crippen LogP contribution in [0.25, 0.3) is 0 Å². The summed E-state index contributed by atoms with van der Waals surface area (Å²) in [7, 11) is 0. The Kier molecular flexibility index (Phi) is 27.7. The molecule has 0 nitrogen and oxygen atoms in total. The first-order chi connectivity index (χ1) is 3.41. The molecule has 0 unspecified atom stereocenters. The fourth-order valence-electron chi connectivity index (χ4n) is 0. The summed E-state index contributed by atoms with van der Waals surface area (Å²) in [6, 6.07) is 0. The molecule has 0 aliphatic carbocycles. The molecule has 0 spiro atoms. The van der Waals surface area contributed by atoms with E-state index in [9.17, 15) is 0 Å². The van der Waals surface area contributed by atoms with E-state index >= 15 is 0 Å². The van der Waals surface area contributed by atoms with E-state index in [0.717, 1.165) is 0 Å². The van der Waals surface area contributed by atoms with Gasteiger partial charge in [0.05, 0.1) is 0 Å². The van der Waals surface area contributed by atoms with Crippen molar-refractivity contribution in [2.45, 2.75) is 49.0 Å². The number of hydrogen-bond acceptors (Lipinski definition) is 0. The van der Waals surface area contributed by atoms with Gasteiger partial charge < -0.3 is 6.42 Å². The van der Waals surface area contributed by atoms with Crippen LogP contribution in [0.1, 0.15) is 49.0 Å². The molecule has 0 fully saturated rings. The van der Waals surface area contributed by atoms with E-state index in [-0.39, 0.29) is 27.8 Å². The summed E-state index contributed by atoms with van der Waals surface area (Å²) in [5.74, 6) is 0. The maximum atomic E-state index is 2.19. The third-order valence-electron chi connectivity index (χ3n) is 0. The van der Waals surface area contributed by atoms with Crippen molar-refractivity contribution < 1.29 is 20.4 Å². The monoisotopic (exact) mass is 318 g/mol. The summed E-state index contributed by atoms with van der Waals surface area (Å²) in [4.78, 5) is 0. The van der Waals surface area contributed by atoms with Gasteiger partial charge in [0.25, 0.3) is 0 Å². The normalized spacial score (nSPS) is 7.80. The number of rotatable bonds is 0. The fourth-order valence-corrected chi connectivity index (χ4v) is 0. The van der Waals surface area contributed by atoms with Crippen molar-refractivity contribution in [1.29, 1.82) is 0 Å². The Labute approximate surface area is 81.4 Å². The topological polar surface area (TPSA) is 0 Å². The zero-order chi connectivity index (χ0) is 7.21. The molecule has 1 radical (unpaired) electrons. The molecule has 0 aliphatic heterocycles. The molecule has 0 aromatic heterocycles. The molecule has 0 aliphatic rings. The molecule has 0 amide bonds. The van der Waals surface area contributed by atoms with Crippen LogP contribution in [-0.4, -0.2) is 0 Å². The molecule has 0 atom stereocenters. The Balaban J connectivity index is -0.0000000326. The van der Waals surface area contributed by atoms with Crippen molar-refractivity contribution in [2.75, 3.05) is 0 Å². The van der Waals surface area contributed by atoms with Gasteiger partial charge in [0.2, 0.25) is 0 Å². The molecule has 0 heterocycles. The molecular formula is C9H23Re-. The summed E-state index contributed by atoms with van der Waals surface area (Å²) < 4.78 is 0. The van der Waals surface area contributed by atoms with Crippen LogP contribution in [0.4, 0.5) is 0 Å². The van der Waals surface area contributed by atoms with Gasteiger partial charge in [-0.05, 0) is 5.41 Å². The Morgan fingerprint density at radius 1 is 0.900 bits per heavy atom. The Morgan fingerprint density at radius 2 is 0.900 bits per heavy atom. The van der Waals surface area contributed by atoms with E-state index in [1.54, 1.807) is 0 Å².